The molecular formula is C16H19NO3. The molecule has 0 unspecified atom stereocenters. The van der Waals surface area contributed by atoms with Crippen molar-refractivity contribution >= 4 is 23.6 Å². The van der Waals surface area contributed by atoms with Crippen molar-refractivity contribution in [3.63, 3.8) is 0 Å². The van der Waals surface area contributed by atoms with Crippen molar-refractivity contribution in [3.05, 3.63) is 35.4 Å². The van der Waals surface area contributed by atoms with E-state index in [4.69, 9.17) is 5.11 Å². The lowest BCUT2D eigenvalue weighted by Crippen LogP contribution is -2.29. The van der Waals surface area contributed by atoms with Crippen molar-refractivity contribution in [2.75, 3.05) is 11.4 Å². The Labute approximate surface area is 118 Å². The number of carboxylic acids is 1. The van der Waals surface area contributed by atoms with Crippen molar-refractivity contribution < 1.29 is 14.7 Å². The summed E-state index contributed by atoms with van der Waals surface area (Å²) in [7, 11) is 0. The van der Waals surface area contributed by atoms with Crippen LogP contribution in [0.25, 0.3) is 6.08 Å². The van der Waals surface area contributed by atoms with Gasteiger partial charge in [-0.25, -0.2) is 4.79 Å². The molecule has 1 aliphatic heterocycles. The van der Waals surface area contributed by atoms with E-state index >= 15 is 0 Å². The van der Waals surface area contributed by atoms with Gasteiger partial charge in [-0.2, -0.15) is 0 Å². The minimum absolute atomic E-state index is 0.177. The van der Waals surface area contributed by atoms with Crippen LogP contribution in [0.4, 0.5) is 5.69 Å². The van der Waals surface area contributed by atoms with Crippen LogP contribution in [0.15, 0.2) is 24.3 Å². The molecule has 0 radical (unpaired) electrons. The van der Waals surface area contributed by atoms with Gasteiger partial charge in [0.05, 0.1) is 0 Å². The van der Waals surface area contributed by atoms with Gasteiger partial charge in [-0.05, 0) is 49.1 Å². The molecule has 1 fully saturated rings. The molecule has 1 N–H and O–H groups in total. The van der Waals surface area contributed by atoms with E-state index in [-0.39, 0.29) is 5.91 Å². The van der Waals surface area contributed by atoms with Gasteiger partial charge in [-0.3, -0.25) is 4.79 Å². The summed E-state index contributed by atoms with van der Waals surface area (Å²) in [5.74, 6) is -0.785. The van der Waals surface area contributed by atoms with Crippen LogP contribution in [0.1, 0.15) is 36.8 Å². The third-order valence-electron chi connectivity index (χ3n) is 3.54. The molecule has 4 nitrogen and oxygen atoms in total. The van der Waals surface area contributed by atoms with E-state index in [2.05, 4.69) is 0 Å². The monoisotopic (exact) mass is 273 g/mol. The van der Waals surface area contributed by atoms with Crippen LogP contribution in [0.2, 0.25) is 0 Å². The van der Waals surface area contributed by atoms with Gasteiger partial charge in [0.15, 0.2) is 0 Å². The number of aryl methyl sites for hydroxylation is 1. The predicted molar refractivity (Wildman–Crippen MR) is 78.7 cm³/mol. The second-order valence-electron chi connectivity index (χ2n) is 5.07. The Kier molecular flexibility index (Phi) is 4.56. The van der Waals surface area contributed by atoms with Crippen LogP contribution in [-0.2, 0) is 9.59 Å². The van der Waals surface area contributed by atoms with Crippen LogP contribution in [0, 0.1) is 6.92 Å². The first-order valence-electron chi connectivity index (χ1n) is 6.90. The molecule has 1 amide bonds. The zero-order valence-electron chi connectivity index (χ0n) is 11.6. The molecule has 4 heteroatoms. The number of carbonyl (C=O) groups excluding carboxylic acids is 1. The van der Waals surface area contributed by atoms with Crippen molar-refractivity contribution in [2.45, 2.75) is 32.6 Å². The summed E-state index contributed by atoms with van der Waals surface area (Å²) < 4.78 is 0. The highest BCUT2D eigenvalue weighted by Crippen LogP contribution is 2.23. The third-order valence-corrected chi connectivity index (χ3v) is 3.54. The average molecular weight is 273 g/mol. The second-order valence-corrected chi connectivity index (χ2v) is 5.07. The van der Waals surface area contributed by atoms with Crippen LogP contribution in [0.5, 0.6) is 0 Å². The molecule has 0 aliphatic carbocycles. The Hall–Kier alpha value is -2.10. The summed E-state index contributed by atoms with van der Waals surface area (Å²) in [6, 6.07) is 5.70. The van der Waals surface area contributed by atoms with Gasteiger partial charge in [-0.15, -0.1) is 0 Å². The van der Waals surface area contributed by atoms with E-state index < -0.39 is 5.97 Å². The highest BCUT2D eigenvalue weighted by Gasteiger charge is 2.18. The molecule has 1 aromatic rings. The fourth-order valence-electron chi connectivity index (χ4n) is 2.43. The first-order valence-corrected chi connectivity index (χ1v) is 6.90. The molecule has 0 aromatic heterocycles. The second kappa shape index (κ2) is 6.37. The lowest BCUT2D eigenvalue weighted by atomic mass is 10.1. The van der Waals surface area contributed by atoms with E-state index in [1.807, 2.05) is 30.0 Å². The van der Waals surface area contributed by atoms with E-state index in [1.54, 1.807) is 6.08 Å². The number of anilines is 1. The highest BCUT2D eigenvalue weighted by molar-refractivity contribution is 5.94. The van der Waals surface area contributed by atoms with Crippen LogP contribution < -0.4 is 4.90 Å². The summed E-state index contributed by atoms with van der Waals surface area (Å²) in [5, 5.41) is 8.65. The first kappa shape index (κ1) is 14.3. The van der Waals surface area contributed by atoms with Crippen LogP contribution in [0.3, 0.4) is 0 Å². The van der Waals surface area contributed by atoms with Gasteiger partial charge in [0.2, 0.25) is 5.91 Å². The topological polar surface area (TPSA) is 57.6 Å². The van der Waals surface area contributed by atoms with Gasteiger partial charge < -0.3 is 10.0 Å². The molecule has 0 spiro atoms. The minimum atomic E-state index is -0.962. The summed E-state index contributed by atoms with van der Waals surface area (Å²) in [4.78, 5) is 24.4. The fourth-order valence-corrected chi connectivity index (χ4v) is 2.43. The first-order chi connectivity index (χ1) is 9.58. The maximum absolute atomic E-state index is 12.1. The molecule has 2 rings (SSSR count). The quantitative estimate of drug-likeness (QED) is 0.861. The molecular weight excluding hydrogens is 254 g/mol. The van der Waals surface area contributed by atoms with E-state index in [0.717, 1.165) is 48.7 Å². The summed E-state index contributed by atoms with van der Waals surface area (Å²) in [5.41, 5.74) is 2.73. The highest BCUT2D eigenvalue weighted by atomic mass is 16.4. The molecule has 0 atom stereocenters. The maximum atomic E-state index is 12.1. The Morgan fingerprint density at radius 1 is 1.30 bits per heavy atom. The number of nitrogens with zero attached hydrogens (tertiary/aromatic N) is 1. The Bertz CT molecular complexity index is 549. The summed E-state index contributed by atoms with van der Waals surface area (Å²) in [6.07, 6.45) is 6.41. The van der Waals surface area contributed by atoms with Crippen molar-refractivity contribution in [1.29, 1.82) is 0 Å². The Morgan fingerprint density at radius 2 is 2.10 bits per heavy atom. The lowest BCUT2D eigenvalue weighted by Gasteiger charge is -2.21. The average Bonchev–Trinajstić information content (AvgIpc) is 2.62. The Morgan fingerprint density at radius 3 is 2.80 bits per heavy atom. The molecule has 0 saturated carbocycles. The third kappa shape index (κ3) is 3.47. The van der Waals surface area contributed by atoms with Gasteiger partial charge >= 0.3 is 5.97 Å². The summed E-state index contributed by atoms with van der Waals surface area (Å²) in [6.45, 7) is 2.69. The molecule has 1 aliphatic rings. The van der Waals surface area contributed by atoms with Crippen molar-refractivity contribution in [1.82, 2.24) is 0 Å². The van der Waals surface area contributed by atoms with Gasteiger partial charge in [0.1, 0.15) is 0 Å². The van der Waals surface area contributed by atoms with Gasteiger partial charge in [0, 0.05) is 24.7 Å². The smallest absolute Gasteiger partial charge is 0.328 e. The Balaban J connectivity index is 2.23. The molecule has 106 valence electrons. The zero-order valence-corrected chi connectivity index (χ0v) is 11.6. The number of aliphatic carboxylic acids is 1. The van der Waals surface area contributed by atoms with Crippen molar-refractivity contribution in [3.8, 4) is 0 Å². The molecule has 1 aromatic carbocycles. The number of carboxylic acid groups (broad SMARTS) is 1. The fraction of sp³-hybridized carbons (Fsp3) is 0.375. The number of carbonyl (C=O) groups is 2. The normalized spacial score (nSPS) is 16.4. The SMILES string of the molecule is Cc1cc(N2CCCCCC2=O)ccc1C=CC(=O)O. The number of hydrogen-bond donors (Lipinski definition) is 1. The van der Waals surface area contributed by atoms with Crippen molar-refractivity contribution in [2.24, 2.45) is 0 Å². The predicted octanol–water partition coefficient (Wildman–Crippen LogP) is 3.00. The maximum Gasteiger partial charge on any atom is 0.328 e. The molecule has 1 heterocycles. The lowest BCUT2D eigenvalue weighted by molar-refractivity contribution is -0.131. The number of amides is 1. The standard InChI is InChI=1S/C16H19NO3/c1-12-11-14(8-6-13(12)7-9-16(19)20)17-10-4-2-3-5-15(17)18/h6-9,11H,2-5,10H2,1H3,(H,19,20). The number of benzene rings is 1. The molecule has 20 heavy (non-hydrogen) atoms. The minimum Gasteiger partial charge on any atom is -0.478 e. The number of hydrogen-bond acceptors (Lipinski definition) is 2. The van der Waals surface area contributed by atoms with E-state index in [0.29, 0.717) is 6.42 Å². The molecule has 0 bridgehead atoms. The van der Waals surface area contributed by atoms with Gasteiger partial charge in [0.25, 0.3) is 0 Å². The van der Waals surface area contributed by atoms with Gasteiger partial charge in [-0.1, -0.05) is 12.5 Å². The van der Waals surface area contributed by atoms with E-state index in [9.17, 15) is 9.59 Å². The largest absolute Gasteiger partial charge is 0.478 e. The summed E-state index contributed by atoms with van der Waals surface area (Å²) >= 11 is 0. The molecule has 1 saturated heterocycles. The zero-order chi connectivity index (χ0) is 14.5. The van der Waals surface area contributed by atoms with E-state index in [1.165, 1.54) is 0 Å². The van der Waals surface area contributed by atoms with Crippen LogP contribution in [-0.4, -0.2) is 23.5 Å². The van der Waals surface area contributed by atoms with Crippen LogP contribution >= 0.6 is 0 Å². The number of rotatable bonds is 3.